The third-order valence-corrected chi connectivity index (χ3v) is 2.48. The molecule has 0 atom stereocenters. The first-order chi connectivity index (χ1) is 7.43. The fraction of sp³-hybridized carbons (Fsp3) is 0.100. The summed E-state index contributed by atoms with van der Waals surface area (Å²) < 4.78 is 36.6. The minimum absolute atomic E-state index is 0. The smallest absolute Gasteiger partial charge is 0.744 e. The van der Waals surface area contributed by atoms with Crippen LogP contribution < -0.4 is 34.3 Å². The number of hydrogen-bond acceptors (Lipinski definition) is 5. The van der Waals surface area contributed by atoms with Gasteiger partial charge in [-0.15, -0.1) is 0 Å². The standard InChI is InChI=1S/C10H10O5S.Na/c1-2-3-10(11)15-8-4-6-9(7-5-8)16(12,13)14;/h2-7H,1H3,(H,12,13,14);/q;+1/p-1/b3-2+;. The van der Waals surface area contributed by atoms with E-state index in [1.54, 1.807) is 6.92 Å². The molecule has 7 heteroatoms. The zero-order valence-corrected chi connectivity index (χ0v) is 12.2. The Bertz CT molecular complexity index is 504. The van der Waals surface area contributed by atoms with Crippen molar-refractivity contribution in [2.24, 2.45) is 0 Å². The van der Waals surface area contributed by atoms with E-state index in [0.717, 1.165) is 12.1 Å². The Morgan fingerprint density at radius 1 is 1.29 bits per heavy atom. The molecule has 0 radical (unpaired) electrons. The molecule has 0 N–H and O–H groups in total. The summed E-state index contributed by atoms with van der Waals surface area (Å²) in [7, 11) is -4.46. The van der Waals surface area contributed by atoms with Crippen LogP contribution in [0.15, 0.2) is 41.3 Å². The quantitative estimate of drug-likeness (QED) is 0.209. The minimum Gasteiger partial charge on any atom is -0.744 e. The first-order valence-corrected chi connectivity index (χ1v) is 5.75. The van der Waals surface area contributed by atoms with Crippen molar-refractivity contribution < 1.29 is 52.1 Å². The van der Waals surface area contributed by atoms with Crippen molar-refractivity contribution in [3.05, 3.63) is 36.4 Å². The zero-order valence-electron chi connectivity index (χ0n) is 9.41. The Kier molecular flexibility index (Phi) is 6.66. The van der Waals surface area contributed by atoms with Gasteiger partial charge in [0.25, 0.3) is 0 Å². The number of ether oxygens (including phenoxy) is 1. The molecule has 0 spiro atoms. The average Bonchev–Trinajstić information content (AvgIpc) is 2.17. The first kappa shape index (κ1) is 16.3. The summed E-state index contributed by atoms with van der Waals surface area (Å²) in [4.78, 5) is 10.6. The second-order valence-corrected chi connectivity index (χ2v) is 4.23. The molecule has 0 saturated carbocycles. The third-order valence-electron chi connectivity index (χ3n) is 1.63. The molecule has 1 aromatic rings. The Morgan fingerprint density at radius 3 is 2.24 bits per heavy atom. The molecular weight excluding hydrogens is 255 g/mol. The van der Waals surface area contributed by atoms with Crippen LogP contribution in [0.1, 0.15) is 6.92 Å². The van der Waals surface area contributed by atoms with Gasteiger partial charge in [-0.05, 0) is 31.2 Å². The van der Waals surface area contributed by atoms with Crippen LogP contribution >= 0.6 is 0 Å². The summed E-state index contributed by atoms with van der Waals surface area (Å²) in [5.41, 5.74) is 0. The maximum Gasteiger partial charge on any atom is 1.00 e. The van der Waals surface area contributed by atoms with E-state index >= 15 is 0 Å². The van der Waals surface area contributed by atoms with Gasteiger partial charge in [-0.3, -0.25) is 0 Å². The molecule has 0 aliphatic rings. The van der Waals surface area contributed by atoms with Crippen molar-refractivity contribution in [3.8, 4) is 5.75 Å². The number of hydrogen-bond donors (Lipinski definition) is 0. The summed E-state index contributed by atoms with van der Waals surface area (Å²) in [5.74, 6) is -0.393. The average molecular weight is 264 g/mol. The van der Waals surface area contributed by atoms with E-state index < -0.39 is 16.1 Å². The first-order valence-electron chi connectivity index (χ1n) is 4.34. The van der Waals surface area contributed by atoms with Gasteiger partial charge in [0.15, 0.2) is 0 Å². The second-order valence-electron chi connectivity index (χ2n) is 2.85. The predicted molar refractivity (Wildman–Crippen MR) is 54.9 cm³/mol. The van der Waals surface area contributed by atoms with E-state index in [4.69, 9.17) is 4.74 Å². The Labute approximate surface area is 122 Å². The van der Waals surface area contributed by atoms with E-state index in [1.807, 2.05) is 0 Å². The van der Waals surface area contributed by atoms with Gasteiger partial charge in [-0.1, -0.05) is 6.08 Å². The van der Waals surface area contributed by atoms with Crippen molar-refractivity contribution >= 4 is 16.1 Å². The van der Waals surface area contributed by atoms with E-state index in [-0.39, 0.29) is 40.2 Å². The molecule has 1 aromatic carbocycles. The Hall–Kier alpha value is -0.660. The summed E-state index contributed by atoms with van der Waals surface area (Å²) in [6, 6.07) is 4.65. The van der Waals surface area contributed by atoms with Crippen molar-refractivity contribution in [2.75, 3.05) is 0 Å². The Balaban J connectivity index is 0.00000256. The van der Waals surface area contributed by atoms with Crippen LogP contribution in [0.3, 0.4) is 0 Å². The zero-order chi connectivity index (χ0) is 12.2. The summed E-state index contributed by atoms with van der Waals surface area (Å²) in [6.45, 7) is 1.66. The van der Waals surface area contributed by atoms with E-state index in [0.29, 0.717) is 0 Å². The number of rotatable bonds is 3. The normalized spacial score (nSPS) is 10.9. The SMILES string of the molecule is C/C=C/C(=O)Oc1ccc(S(=O)(=O)[O-])cc1.[Na+]. The van der Waals surface area contributed by atoms with Gasteiger partial charge in [0.2, 0.25) is 0 Å². The minimum atomic E-state index is -4.46. The van der Waals surface area contributed by atoms with Crippen LogP contribution in [0.25, 0.3) is 0 Å². The van der Waals surface area contributed by atoms with Gasteiger partial charge in [0.05, 0.1) is 4.90 Å². The van der Waals surface area contributed by atoms with Crippen LogP contribution in [0, 0.1) is 0 Å². The Morgan fingerprint density at radius 2 is 1.82 bits per heavy atom. The van der Waals surface area contributed by atoms with Gasteiger partial charge in [0, 0.05) is 6.08 Å². The maximum atomic E-state index is 11.0. The van der Waals surface area contributed by atoms with Crippen molar-refractivity contribution in [2.45, 2.75) is 11.8 Å². The van der Waals surface area contributed by atoms with Crippen LogP contribution in [0.5, 0.6) is 5.75 Å². The molecule has 0 unspecified atom stereocenters. The monoisotopic (exact) mass is 264 g/mol. The van der Waals surface area contributed by atoms with Crippen LogP contribution in [-0.4, -0.2) is 18.9 Å². The van der Waals surface area contributed by atoms with Crippen molar-refractivity contribution in [1.29, 1.82) is 0 Å². The van der Waals surface area contributed by atoms with Crippen LogP contribution in [-0.2, 0) is 14.9 Å². The van der Waals surface area contributed by atoms with E-state index in [1.165, 1.54) is 24.3 Å². The van der Waals surface area contributed by atoms with E-state index in [9.17, 15) is 17.8 Å². The molecule has 0 aliphatic heterocycles. The molecule has 0 heterocycles. The van der Waals surface area contributed by atoms with Gasteiger partial charge < -0.3 is 9.29 Å². The molecular formula is C10H9NaO5S. The fourth-order valence-corrected chi connectivity index (χ4v) is 1.43. The largest absolute Gasteiger partial charge is 1.00 e. The van der Waals surface area contributed by atoms with Gasteiger partial charge in [0.1, 0.15) is 15.9 Å². The molecule has 0 bridgehead atoms. The topological polar surface area (TPSA) is 83.5 Å². The van der Waals surface area contributed by atoms with Crippen LogP contribution in [0.4, 0.5) is 0 Å². The summed E-state index contributed by atoms with van der Waals surface area (Å²) >= 11 is 0. The molecule has 0 aromatic heterocycles. The predicted octanol–water partition coefficient (Wildman–Crippen LogP) is -1.92. The van der Waals surface area contributed by atoms with Gasteiger partial charge in [-0.2, -0.15) is 0 Å². The third kappa shape index (κ3) is 5.47. The molecule has 0 aliphatic carbocycles. The summed E-state index contributed by atoms with van der Waals surface area (Å²) in [5, 5.41) is 0. The molecule has 86 valence electrons. The maximum absolute atomic E-state index is 11.0. The molecule has 1 rings (SSSR count). The van der Waals surface area contributed by atoms with Crippen LogP contribution in [0.2, 0.25) is 0 Å². The number of allylic oxidation sites excluding steroid dienone is 1. The summed E-state index contributed by atoms with van der Waals surface area (Å²) in [6.07, 6.45) is 2.73. The molecule has 0 amide bonds. The van der Waals surface area contributed by atoms with Crippen molar-refractivity contribution in [3.63, 3.8) is 0 Å². The fourth-order valence-electron chi connectivity index (χ4n) is 0.961. The van der Waals surface area contributed by atoms with Gasteiger partial charge >= 0.3 is 35.5 Å². The number of benzene rings is 1. The number of carbonyl (C=O) groups excluding carboxylic acids is 1. The number of esters is 1. The van der Waals surface area contributed by atoms with Gasteiger partial charge in [-0.25, -0.2) is 13.2 Å². The molecule has 0 fully saturated rings. The van der Waals surface area contributed by atoms with Crippen molar-refractivity contribution in [1.82, 2.24) is 0 Å². The number of carbonyl (C=O) groups is 1. The second kappa shape index (κ2) is 6.93. The molecule has 0 saturated heterocycles. The molecule has 17 heavy (non-hydrogen) atoms. The molecule has 5 nitrogen and oxygen atoms in total. The van der Waals surface area contributed by atoms with E-state index in [2.05, 4.69) is 0 Å².